The number of carbonyl (C=O) groups is 1. The predicted octanol–water partition coefficient (Wildman–Crippen LogP) is 5.70. The molecule has 1 aliphatic carbocycles. The number of Topliss-reactive ketones (excluding diaryl/α,β-unsaturated/α-hetero) is 1. The van der Waals surface area contributed by atoms with Gasteiger partial charge in [-0.05, 0) is 77.5 Å². The molecule has 0 amide bonds. The number of aromatic hydroxyl groups is 1. The van der Waals surface area contributed by atoms with Gasteiger partial charge in [-0.1, -0.05) is 23.8 Å². The molecule has 7 aromatic rings. The smallest absolute Gasteiger partial charge is 0.190 e. The van der Waals surface area contributed by atoms with Crippen molar-refractivity contribution >= 4 is 66.3 Å². The molecule has 52 heavy (non-hydrogen) atoms. The van der Waals surface area contributed by atoms with Crippen molar-refractivity contribution in [1.82, 2.24) is 9.97 Å². The number of hydrogen-bond acceptors (Lipinski definition) is 11. The first-order valence-electron chi connectivity index (χ1n) is 16.8. The Labute approximate surface area is 296 Å². The summed E-state index contributed by atoms with van der Waals surface area (Å²) in [6.07, 6.45) is 5.28. The molecule has 1 aliphatic rings. The highest BCUT2D eigenvalue weighted by atomic mass is 16.5. The van der Waals surface area contributed by atoms with Crippen LogP contribution in [0.2, 0.25) is 0 Å². The van der Waals surface area contributed by atoms with E-state index in [9.17, 15) is 29.7 Å². The number of nitrogens with one attached hydrogen (secondary N) is 2. The van der Waals surface area contributed by atoms with Crippen LogP contribution in [0.4, 0.5) is 11.4 Å². The second-order valence-electron chi connectivity index (χ2n) is 13.1. The third kappa shape index (κ3) is 4.77. The monoisotopic (exact) mass is 694 g/mol. The molecule has 0 saturated carbocycles. The number of allylic oxidation sites excluding steroid dienone is 1. The van der Waals surface area contributed by atoms with Gasteiger partial charge in [0.25, 0.3) is 0 Å². The molecule has 0 radical (unpaired) electrons. The van der Waals surface area contributed by atoms with Gasteiger partial charge in [0.05, 0.1) is 72.9 Å². The maximum atomic E-state index is 14.5. The average molecular weight is 695 g/mol. The fourth-order valence-electron chi connectivity index (χ4n) is 8.17. The molecule has 0 spiro atoms. The molecule has 8 rings (SSSR count). The number of rotatable bonds is 10. The summed E-state index contributed by atoms with van der Waals surface area (Å²) >= 11 is 0. The summed E-state index contributed by atoms with van der Waals surface area (Å²) in [7, 11) is 1.37. The number of benzene rings is 5. The van der Waals surface area contributed by atoms with Gasteiger partial charge in [-0.3, -0.25) is 24.4 Å². The van der Waals surface area contributed by atoms with Crippen LogP contribution in [0, 0.1) is 0 Å². The van der Waals surface area contributed by atoms with Gasteiger partial charge in [-0.25, -0.2) is 0 Å². The van der Waals surface area contributed by atoms with E-state index in [1.807, 2.05) is 49.4 Å². The molecule has 260 valence electrons. The first kappa shape index (κ1) is 33.0. The molecular formula is C41H34N4O7. The summed E-state index contributed by atoms with van der Waals surface area (Å²) in [6.45, 7) is 2.74. The molecule has 0 aliphatic heterocycles. The van der Waals surface area contributed by atoms with E-state index in [-0.39, 0.29) is 46.6 Å². The molecule has 1 unspecified atom stereocenters. The van der Waals surface area contributed by atoms with Crippen LogP contribution in [0.3, 0.4) is 0 Å². The third-order valence-electron chi connectivity index (χ3n) is 10.2. The fraction of sp³-hybridized carbons (Fsp3) is 0.195. The van der Waals surface area contributed by atoms with Gasteiger partial charge in [0.2, 0.25) is 0 Å². The SMILES string of the molecule is COc1c(O)c2c(=O)cc(CO)c3c4c(CO)cc(=O)c5c(NCc6ccccn6)c(NCc6ccccn6)c6c(c(c1C(C(C)=O)C(C)=C6)c23)c54. The van der Waals surface area contributed by atoms with Crippen LogP contribution in [0.1, 0.15) is 53.4 Å². The van der Waals surface area contributed by atoms with E-state index in [2.05, 4.69) is 20.6 Å². The Morgan fingerprint density at radius 2 is 1.33 bits per heavy atom. The van der Waals surface area contributed by atoms with Crippen molar-refractivity contribution < 1.29 is 24.9 Å². The van der Waals surface area contributed by atoms with Gasteiger partial charge in [0.15, 0.2) is 22.4 Å². The van der Waals surface area contributed by atoms with E-state index in [0.29, 0.717) is 65.8 Å². The number of pyridine rings is 2. The summed E-state index contributed by atoms with van der Waals surface area (Å²) < 4.78 is 5.84. The lowest BCUT2D eigenvalue weighted by Crippen LogP contribution is -2.16. The van der Waals surface area contributed by atoms with Crippen molar-refractivity contribution in [3.63, 3.8) is 0 Å². The summed E-state index contributed by atoms with van der Waals surface area (Å²) in [5.74, 6) is -1.60. The van der Waals surface area contributed by atoms with Crippen LogP contribution < -0.4 is 26.2 Å². The van der Waals surface area contributed by atoms with Crippen LogP contribution in [0.15, 0.2) is 76.1 Å². The summed E-state index contributed by atoms with van der Waals surface area (Å²) in [5.41, 5.74) is 3.67. The molecular weight excluding hydrogens is 660 g/mol. The van der Waals surface area contributed by atoms with Crippen molar-refractivity contribution in [3.05, 3.63) is 121 Å². The molecule has 2 aromatic heterocycles. The second kappa shape index (κ2) is 12.6. The number of ether oxygens (including phenoxy) is 1. The normalized spacial score (nSPS) is 14.0. The average Bonchev–Trinajstić information content (AvgIpc) is 3.28. The number of carbonyl (C=O) groups excluding carboxylic acids is 1. The summed E-state index contributed by atoms with van der Waals surface area (Å²) in [5, 5.41) is 43.3. The first-order valence-corrected chi connectivity index (χ1v) is 16.8. The van der Waals surface area contributed by atoms with Crippen molar-refractivity contribution in [2.24, 2.45) is 0 Å². The summed E-state index contributed by atoms with van der Waals surface area (Å²) in [4.78, 5) is 51.1. The Hall–Kier alpha value is -6.17. The third-order valence-corrected chi connectivity index (χ3v) is 10.2. The van der Waals surface area contributed by atoms with E-state index < -0.39 is 30.3 Å². The minimum absolute atomic E-state index is 0.0271. The number of aromatic nitrogens is 2. The molecule has 0 saturated heterocycles. The summed E-state index contributed by atoms with van der Waals surface area (Å²) in [6, 6.07) is 13.8. The first-order chi connectivity index (χ1) is 25.2. The highest BCUT2D eigenvalue weighted by molar-refractivity contribution is 6.40. The number of anilines is 2. The number of nitrogens with zero attached hydrogens (tertiary/aromatic N) is 2. The molecule has 0 bridgehead atoms. The lowest BCUT2D eigenvalue weighted by atomic mass is 9.79. The van der Waals surface area contributed by atoms with Crippen molar-refractivity contribution in [3.8, 4) is 11.5 Å². The minimum Gasteiger partial charge on any atom is -0.504 e. The van der Waals surface area contributed by atoms with Crippen LogP contribution in [0.5, 0.6) is 11.5 Å². The van der Waals surface area contributed by atoms with E-state index in [1.165, 1.54) is 26.2 Å². The van der Waals surface area contributed by atoms with Gasteiger partial charge in [0, 0.05) is 39.7 Å². The Morgan fingerprint density at radius 1 is 0.769 bits per heavy atom. The highest BCUT2D eigenvalue weighted by Crippen LogP contribution is 2.57. The van der Waals surface area contributed by atoms with Crippen LogP contribution in [0.25, 0.3) is 49.2 Å². The van der Waals surface area contributed by atoms with E-state index in [0.717, 1.165) is 11.4 Å². The van der Waals surface area contributed by atoms with Gasteiger partial charge in [-0.2, -0.15) is 0 Å². The number of methoxy groups -OCH3 is 1. The molecule has 11 nitrogen and oxygen atoms in total. The van der Waals surface area contributed by atoms with E-state index in [1.54, 1.807) is 12.4 Å². The van der Waals surface area contributed by atoms with Gasteiger partial charge in [-0.15, -0.1) is 0 Å². The standard InChI is InChI=1S/C41H34N4O7/c1-19-12-25-31-34-29(30-22(18-47)14-27(50)33-35(30)36(31)37(28(19)20(2)48)41(52-3)40(33)51)21(17-46)13-26(49)32(34)39(45-16-24-9-5-7-11-43-24)38(25)44-15-23-8-4-6-10-42-23/h4-14,28,44-47,51H,15-18H2,1-3H3. The number of aliphatic hydroxyl groups is 2. The van der Waals surface area contributed by atoms with Crippen molar-refractivity contribution in [2.75, 3.05) is 17.7 Å². The van der Waals surface area contributed by atoms with Crippen molar-refractivity contribution in [1.29, 1.82) is 0 Å². The lowest BCUT2D eigenvalue weighted by Gasteiger charge is -2.26. The van der Waals surface area contributed by atoms with E-state index in [4.69, 9.17) is 4.74 Å². The zero-order valence-corrected chi connectivity index (χ0v) is 28.6. The topological polar surface area (TPSA) is 171 Å². The quantitative estimate of drug-likeness (QED) is 0.0879. The van der Waals surface area contributed by atoms with Gasteiger partial charge in [0.1, 0.15) is 5.78 Å². The van der Waals surface area contributed by atoms with Crippen LogP contribution in [-0.4, -0.2) is 38.2 Å². The molecule has 5 aromatic carbocycles. The largest absolute Gasteiger partial charge is 0.504 e. The van der Waals surface area contributed by atoms with Crippen molar-refractivity contribution in [2.45, 2.75) is 46.1 Å². The predicted molar refractivity (Wildman–Crippen MR) is 202 cm³/mol. The van der Waals surface area contributed by atoms with Gasteiger partial charge >= 0.3 is 0 Å². The second-order valence-corrected chi connectivity index (χ2v) is 13.1. The van der Waals surface area contributed by atoms with Crippen LogP contribution >= 0.6 is 0 Å². The maximum Gasteiger partial charge on any atom is 0.190 e. The Balaban J connectivity index is 1.68. The number of phenolic OH excluding ortho intramolecular Hbond substituents is 1. The number of ketones is 1. The zero-order valence-electron chi connectivity index (χ0n) is 28.6. The lowest BCUT2D eigenvalue weighted by molar-refractivity contribution is -0.117. The molecule has 11 heteroatoms. The van der Waals surface area contributed by atoms with Gasteiger partial charge < -0.3 is 30.7 Å². The minimum atomic E-state index is -0.911. The van der Waals surface area contributed by atoms with E-state index >= 15 is 0 Å². The molecule has 5 N–H and O–H groups in total. The maximum absolute atomic E-state index is 14.5. The Morgan fingerprint density at radius 3 is 1.85 bits per heavy atom. The molecule has 0 fully saturated rings. The zero-order chi connectivity index (χ0) is 36.4. The Kier molecular flexibility index (Phi) is 7.97. The number of fused-ring (bicyclic) bond motifs is 1. The van der Waals surface area contributed by atoms with Crippen LogP contribution in [-0.2, 0) is 31.1 Å². The number of aliphatic hydroxyl groups excluding tert-OH is 2. The number of phenols is 1. The number of hydrogen-bond donors (Lipinski definition) is 5. The Bertz CT molecular complexity index is 2730. The fourth-order valence-corrected chi connectivity index (χ4v) is 8.17. The molecule has 1 atom stereocenters. The molecule has 2 heterocycles. The highest BCUT2D eigenvalue weighted by Gasteiger charge is 2.37.